The van der Waals surface area contributed by atoms with Crippen LogP contribution in [0.15, 0.2) is 0 Å². The summed E-state index contributed by atoms with van der Waals surface area (Å²) >= 11 is 0. The van der Waals surface area contributed by atoms with Crippen LogP contribution in [-0.4, -0.2) is 63.4 Å². The Morgan fingerprint density at radius 1 is 1.35 bits per heavy atom. The predicted molar refractivity (Wildman–Crippen MR) is 61.7 cm³/mol. The minimum absolute atomic E-state index is 0.188. The molecule has 0 aromatic heterocycles. The van der Waals surface area contributed by atoms with E-state index in [9.17, 15) is 9.90 Å². The van der Waals surface area contributed by atoms with Crippen molar-refractivity contribution in [3.63, 3.8) is 0 Å². The third kappa shape index (κ3) is 13.0. The first kappa shape index (κ1) is 16.1. The number of aliphatic hydroxyl groups is 1. The van der Waals surface area contributed by atoms with E-state index in [1.807, 2.05) is 6.92 Å². The van der Waals surface area contributed by atoms with Crippen molar-refractivity contribution >= 4 is 6.09 Å². The van der Waals surface area contributed by atoms with Crippen molar-refractivity contribution < 1.29 is 24.1 Å². The summed E-state index contributed by atoms with van der Waals surface area (Å²) in [6, 6.07) is 0. The van der Waals surface area contributed by atoms with E-state index in [1.54, 1.807) is 0 Å². The average Bonchev–Trinajstić information content (AvgIpc) is 2.28. The first-order valence-corrected chi connectivity index (χ1v) is 5.63. The van der Waals surface area contributed by atoms with Gasteiger partial charge in [-0.3, -0.25) is 0 Å². The number of aliphatic hydroxyl groups excluding tert-OH is 1. The number of amides is 1. The average molecular weight is 250 g/mol. The highest BCUT2D eigenvalue weighted by atomic mass is 16.5. The van der Waals surface area contributed by atoms with Crippen LogP contribution in [0.5, 0.6) is 0 Å². The quantitative estimate of drug-likeness (QED) is 0.410. The molecule has 0 radical (unpaired) electrons. The topological polar surface area (TPSA) is 103 Å². The molecular weight excluding hydrogens is 228 g/mol. The summed E-state index contributed by atoms with van der Waals surface area (Å²) in [4.78, 5) is 10.2. The third-order valence-corrected chi connectivity index (χ3v) is 1.79. The first-order valence-electron chi connectivity index (χ1n) is 5.63. The molecule has 0 spiro atoms. The van der Waals surface area contributed by atoms with E-state index in [1.165, 1.54) is 0 Å². The molecule has 102 valence electrons. The molecule has 0 rings (SSSR count). The summed E-state index contributed by atoms with van der Waals surface area (Å²) in [6.45, 7) is 4.82. The molecule has 1 unspecified atom stereocenters. The monoisotopic (exact) mass is 250 g/mol. The third-order valence-electron chi connectivity index (χ3n) is 1.79. The van der Waals surface area contributed by atoms with E-state index in [4.69, 9.17) is 15.2 Å². The van der Waals surface area contributed by atoms with Gasteiger partial charge in [0.2, 0.25) is 0 Å². The van der Waals surface area contributed by atoms with Gasteiger partial charge in [0, 0.05) is 19.7 Å². The van der Waals surface area contributed by atoms with E-state index in [2.05, 4.69) is 10.1 Å². The van der Waals surface area contributed by atoms with Gasteiger partial charge in [-0.25, -0.2) is 4.79 Å². The number of ether oxygens (including phenoxy) is 3. The lowest BCUT2D eigenvalue weighted by molar-refractivity contribution is 0.00629. The fraction of sp³-hybridized carbons (Fsp3) is 0.900. The first-order chi connectivity index (χ1) is 8.16. The summed E-state index contributed by atoms with van der Waals surface area (Å²) in [7, 11) is 0. The van der Waals surface area contributed by atoms with E-state index in [0.29, 0.717) is 32.9 Å². The lowest BCUT2D eigenvalue weighted by Crippen LogP contribution is -2.33. The fourth-order valence-corrected chi connectivity index (χ4v) is 1.03. The zero-order chi connectivity index (χ0) is 12.9. The van der Waals surface area contributed by atoms with Crippen molar-refractivity contribution in [2.75, 3.05) is 46.1 Å². The van der Waals surface area contributed by atoms with E-state index in [0.717, 1.165) is 0 Å². The summed E-state index contributed by atoms with van der Waals surface area (Å²) in [5.74, 6) is 0. The summed E-state index contributed by atoms with van der Waals surface area (Å²) in [5.41, 5.74) is 4.77. The summed E-state index contributed by atoms with van der Waals surface area (Å²) in [6.07, 6.45) is -1.39. The Morgan fingerprint density at radius 2 is 2.06 bits per heavy atom. The largest absolute Gasteiger partial charge is 0.448 e. The smallest absolute Gasteiger partial charge is 0.404 e. The molecule has 1 amide bonds. The Kier molecular flexibility index (Phi) is 11.0. The number of primary amides is 1. The minimum Gasteiger partial charge on any atom is -0.448 e. The van der Waals surface area contributed by atoms with Gasteiger partial charge in [0.05, 0.1) is 25.9 Å². The summed E-state index contributed by atoms with van der Waals surface area (Å²) in [5, 5.41) is 12.4. The maximum absolute atomic E-state index is 10.2. The number of hydrogen-bond donors (Lipinski definition) is 3. The van der Waals surface area contributed by atoms with Gasteiger partial charge in [0.15, 0.2) is 0 Å². The minimum atomic E-state index is -0.799. The molecule has 0 saturated carbocycles. The predicted octanol–water partition coefficient (Wildman–Crippen LogP) is -0.915. The van der Waals surface area contributed by atoms with E-state index in [-0.39, 0.29) is 13.2 Å². The highest BCUT2D eigenvalue weighted by Gasteiger charge is 2.03. The van der Waals surface area contributed by atoms with Crippen molar-refractivity contribution in [1.82, 2.24) is 5.32 Å². The number of rotatable bonds is 11. The van der Waals surface area contributed by atoms with Crippen molar-refractivity contribution in [2.24, 2.45) is 5.73 Å². The molecule has 0 aliphatic carbocycles. The van der Waals surface area contributed by atoms with Crippen LogP contribution in [-0.2, 0) is 14.2 Å². The van der Waals surface area contributed by atoms with Gasteiger partial charge in [-0.15, -0.1) is 0 Å². The standard InChI is InChI=1S/C10H22N2O5/c1-2-15-5-6-16-8-9(13)7-12-3-4-17-10(11)14/h9,12-13H,2-8H2,1H3,(H2,11,14). The lowest BCUT2D eigenvalue weighted by atomic mass is 10.4. The van der Waals surface area contributed by atoms with Gasteiger partial charge in [-0.1, -0.05) is 0 Å². The van der Waals surface area contributed by atoms with Gasteiger partial charge in [-0.2, -0.15) is 0 Å². The van der Waals surface area contributed by atoms with Crippen molar-refractivity contribution in [1.29, 1.82) is 0 Å². The Balaban J connectivity index is 3.17. The molecule has 17 heavy (non-hydrogen) atoms. The van der Waals surface area contributed by atoms with E-state index >= 15 is 0 Å². The normalized spacial score (nSPS) is 12.4. The molecule has 1 atom stereocenters. The van der Waals surface area contributed by atoms with Crippen LogP contribution < -0.4 is 11.1 Å². The molecular formula is C10H22N2O5. The second kappa shape index (κ2) is 11.6. The zero-order valence-corrected chi connectivity index (χ0v) is 10.2. The highest BCUT2D eigenvalue weighted by molar-refractivity contribution is 5.64. The second-order valence-corrected chi connectivity index (χ2v) is 3.30. The molecule has 0 bridgehead atoms. The number of carbonyl (C=O) groups excluding carboxylic acids is 1. The van der Waals surface area contributed by atoms with Gasteiger partial charge < -0.3 is 30.4 Å². The Labute approximate surface area is 101 Å². The van der Waals surface area contributed by atoms with Crippen LogP contribution in [0.25, 0.3) is 0 Å². The molecule has 0 aliphatic heterocycles. The molecule has 0 heterocycles. The van der Waals surface area contributed by atoms with Gasteiger partial charge >= 0.3 is 6.09 Å². The number of nitrogens with two attached hydrogens (primary N) is 1. The molecule has 0 aromatic carbocycles. The van der Waals surface area contributed by atoms with Crippen LogP contribution in [0.1, 0.15) is 6.92 Å². The number of nitrogens with one attached hydrogen (secondary N) is 1. The molecule has 4 N–H and O–H groups in total. The Bertz CT molecular complexity index is 192. The SMILES string of the molecule is CCOCCOCC(O)CNCCOC(N)=O. The van der Waals surface area contributed by atoms with Gasteiger partial charge in [0.25, 0.3) is 0 Å². The molecule has 7 nitrogen and oxygen atoms in total. The lowest BCUT2D eigenvalue weighted by Gasteiger charge is -2.12. The molecule has 0 fully saturated rings. The highest BCUT2D eigenvalue weighted by Crippen LogP contribution is 1.85. The van der Waals surface area contributed by atoms with Crippen LogP contribution in [0, 0.1) is 0 Å². The summed E-state index contributed by atoms with van der Waals surface area (Å²) < 4.78 is 14.7. The van der Waals surface area contributed by atoms with Gasteiger partial charge in [-0.05, 0) is 6.92 Å². The van der Waals surface area contributed by atoms with Crippen LogP contribution >= 0.6 is 0 Å². The van der Waals surface area contributed by atoms with Crippen molar-refractivity contribution in [3.05, 3.63) is 0 Å². The molecule has 0 aromatic rings. The number of carbonyl (C=O) groups is 1. The Morgan fingerprint density at radius 3 is 2.71 bits per heavy atom. The zero-order valence-electron chi connectivity index (χ0n) is 10.2. The fourth-order valence-electron chi connectivity index (χ4n) is 1.03. The van der Waals surface area contributed by atoms with E-state index < -0.39 is 12.2 Å². The molecule has 7 heteroatoms. The van der Waals surface area contributed by atoms with Crippen LogP contribution in [0.3, 0.4) is 0 Å². The maximum atomic E-state index is 10.2. The van der Waals surface area contributed by atoms with Crippen molar-refractivity contribution in [2.45, 2.75) is 13.0 Å². The maximum Gasteiger partial charge on any atom is 0.404 e. The molecule has 0 saturated heterocycles. The van der Waals surface area contributed by atoms with Crippen LogP contribution in [0.2, 0.25) is 0 Å². The number of hydrogen-bond acceptors (Lipinski definition) is 6. The van der Waals surface area contributed by atoms with Crippen LogP contribution in [0.4, 0.5) is 4.79 Å². The Hall–Kier alpha value is -0.890. The second-order valence-electron chi connectivity index (χ2n) is 3.30. The molecule has 0 aliphatic rings. The van der Waals surface area contributed by atoms with Crippen molar-refractivity contribution in [3.8, 4) is 0 Å². The van der Waals surface area contributed by atoms with Gasteiger partial charge in [0.1, 0.15) is 6.61 Å².